The van der Waals surface area contributed by atoms with Gasteiger partial charge < -0.3 is 26.1 Å². The van der Waals surface area contributed by atoms with E-state index in [0.29, 0.717) is 5.41 Å². The summed E-state index contributed by atoms with van der Waals surface area (Å²) >= 11 is 0. The lowest BCUT2D eigenvalue weighted by atomic mass is 9.77. The van der Waals surface area contributed by atoms with Gasteiger partial charge in [0.2, 0.25) is 0 Å². The van der Waals surface area contributed by atoms with Crippen LogP contribution in [-0.4, -0.2) is 28.3 Å². The van der Waals surface area contributed by atoms with Gasteiger partial charge in [-0.2, -0.15) is 0 Å². The molecule has 0 aromatic heterocycles. The van der Waals surface area contributed by atoms with Crippen molar-refractivity contribution in [3.63, 3.8) is 0 Å². The summed E-state index contributed by atoms with van der Waals surface area (Å²) in [5.74, 6) is -1.02. The average Bonchev–Trinajstić information content (AvgIpc) is 3.23. The van der Waals surface area contributed by atoms with E-state index in [-0.39, 0.29) is 5.41 Å². The fraction of sp³-hybridized carbons (Fsp3) is 1.00. The molecule has 5 nitrogen and oxygen atoms in total. The van der Waals surface area contributed by atoms with E-state index in [1.807, 2.05) is 0 Å². The Balaban J connectivity index is 1.70. The molecule has 2 fully saturated rings. The molecule has 1 atom stereocenters. The standard InChI is InChI=1S/C14H31N3O2Si/c1-3-10-18-20(2)19-11-4-5-12(6-7-12)13(8-9-13)14(15,16)17/h20H,3-11,15-17H2,1-2H3. The molecule has 6 N–H and O–H groups in total. The van der Waals surface area contributed by atoms with E-state index >= 15 is 0 Å². The van der Waals surface area contributed by atoms with Crippen molar-refractivity contribution in [3.8, 4) is 0 Å². The van der Waals surface area contributed by atoms with Gasteiger partial charge in [-0.25, -0.2) is 0 Å². The summed E-state index contributed by atoms with van der Waals surface area (Å²) in [5.41, 5.74) is 18.3. The van der Waals surface area contributed by atoms with E-state index in [1.165, 1.54) is 12.8 Å². The predicted molar refractivity (Wildman–Crippen MR) is 83.1 cm³/mol. The topological polar surface area (TPSA) is 96.5 Å². The molecular formula is C14H31N3O2Si. The molecule has 2 aliphatic carbocycles. The van der Waals surface area contributed by atoms with Crippen molar-refractivity contribution in [3.05, 3.63) is 0 Å². The molecule has 2 rings (SSSR count). The second-order valence-electron chi connectivity index (χ2n) is 6.71. The van der Waals surface area contributed by atoms with Crippen molar-refractivity contribution in [2.45, 2.75) is 64.2 Å². The molecule has 20 heavy (non-hydrogen) atoms. The van der Waals surface area contributed by atoms with Gasteiger partial charge in [-0.05, 0) is 56.9 Å². The Morgan fingerprint density at radius 2 is 1.65 bits per heavy atom. The Morgan fingerprint density at radius 3 is 2.10 bits per heavy atom. The number of nitrogens with two attached hydrogens (primary N) is 3. The van der Waals surface area contributed by atoms with E-state index < -0.39 is 15.1 Å². The highest BCUT2D eigenvalue weighted by Gasteiger charge is 2.70. The summed E-state index contributed by atoms with van der Waals surface area (Å²) in [6, 6.07) is 0. The average molecular weight is 302 g/mol. The van der Waals surface area contributed by atoms with Crippen LogP contribution in [0, 0.1) is 10.8 Å². The maximum Gasteiger partial charge on any atom is 0.318 e. The lowest BCUT2D eigenvalue weighted by Crippen LogP contribution is -2.67. The van der Waals surface area contributed by atoms with Gasteiger partial charge in [0.25, 0.3) is 0 Å². The molecule has 0 bridgehead atoms. The van der Waals surface area contributed by atoms with Gasteiger partial charge in [0.15, 0.2) is 0 Å². The van der Waals surface area contributed by atoms with E-state index in [1.54, 1.807) is 0 Å². The van der Waals surface area contributed by atoms with Crippen LogP contribution in [0.2, 0.25) is 6.55 Å². The second-order valence-corrected chi connectivity index (χ2v) is 8.51. The maximum absolute atomic E-state index is 6.02. The first-order valence-electron chi connectivity index (χ1n) is 7.97. The van der Waals surface area contributed by atoms with Gasteiger partial charge in [0.05, 0.1) is 0 Å². The molecule has 6 heteroatoms. The first-order chi connectivity index (χ1) is 9.37. The summed E-state index contributed by atoms with van der Waals surface area (Å²) in [7, 11) is -1.42. The summed E-state index contributed by atoms with van der Waals surface area (Å²) in [6.45, 7) is 5.82. The summed E-state index contributed by atoms with van der Waals surface area (Å²) in [6.07, 6.45) is 7.86. The third kappa shape index (κ3) is 3.26. The van der Waals surface area contributed by atoms with Crippen LogP contribution >= 0.6 is 0 Å². The minimum absolute atomic E-state index is 0.0121. The zero-order valence-electron chi connectivity index (χ0n) is 13.0. The largest absolute Gasteiger partial charge is 0.397 e. The smallest absolute Gasteiger partial charge is 0.318 e. The number of hydrogen-bond donors (Lipinski definition) is 3. The molecule has 0 spiro atoms. The molecule has 0 heterocycles. The zero-order chi connectivity index (χ0) is 14.9. The molecule has 2 aliphatic rings. The quantitative estimate of drug-likeness (QED) is 0.319. The number of rotatable bonds is 10. The van der Waals surface area contributed by atoms with Crippen LogP contribution < -0.4 is 17.2 Å². The van der Waals surface area contributed by atoms with Crippen LogP contribution in [0.15, 0.2) is 0 Å². The van der Waals surface area contributed by atoms with Crippen molar-refractivity contribution in [2.24, 2.45) is 28.0 Å². The van der Waals surface area contributed by atoms with Gasteiger partial charge >= 0.3 is 9.28 Å². The van der Waals surface area contributed by atoms with Gasteiger partial charge in [0, 0.05) is 18.6 Å². The fourth-order valence-corrected chi connectivity index (χ4v) is 4.82. The van der Waals surface area contributed by atoms with E-state index in [9.17, 15) is 0 Å². The third-order valence-corrected chi connectivity index (χ3v) is 6.57. The minimum Gasteiger partial charge on any atom is -0.397 e. The van der Waals surface area contributed by atoms with E-state index in [0.717, 1.165) is 45.3 Å². The molecule has 0 radical (unpaired) electrons. The van der Waals surface area contributed by atoms with Crippen molar-refractivity contribution in [2.75, 3.05) is 13.2 Å². The van der Waals surface area contributed by atoms with Crippen molar-refractivity contribution >= 4 is 9.28 Å². The highest BCUT2D eigenvalue weighted by atomic mass is 28.3. The molecule has 1 unspecified atom stereocenters. The molecule has 118 valence electrons. The molecule has 0 aromatic rings. The second kappa shape index (κ2) is 6.02. The van der Waals surface area contributed by atoms with Crippen molar-refractivity contribution in [1.82, 2.24) is 0 Å². The Kier molecular flexibility index (Phi) is 4.93. The first kappa shape index (κ1) is 16.4. The normalized spacial score (nSPS) is 24.4. The lowest BCUT2D eigenvalue weighted by Gasteiger charge is -2.37. The van der Waals surface area contributed by atoms with Crippen LogP contribution in [0.3, 0.4) is 0 Å². The highest BCUT2D eigenvalue weighted by molar-refractivity contribution is 6.42. The number of hydrogen-bond acceptors (Lipinski definition) is 5. The summed E-state index contributed by atoms with van der Waals surface area (Å²) in [4.78, 5) is 0. The van der Waals surface area contributed by atoms with Gasteiger partial charge in [0.1, 0.15) is 5.79 Å². The predicted octanol–water partition coefficient (Wildman–Crippen LogP) is 1.15. The van der Waals surface area contributed by atoms with Gasteiger partial charge in [-0.15, -0.1) is 0 Å². The van der Waals surface area contributed by atoms with Crippen molar-refractivity contribution < 1.29 is 8.85 Å². The van der Waals surface area contributed by atoms with Crippen LogP contribution in [0.25, 0.3) is 0 Å². The molecular weight excluding hydrogens is 270 g/mol. The van der Waals surface area contributed by atoms with Crippen molar-refractivity contribution in [1.29, 1.82) is 0 Å². The summed E-state index contributed by atoms with van der Waals surface area (Å²) < 4.78 is 11.4. The Bertz CT molecular complexity index is 325. The van der Waals surface area contributed by atoms with Crippen LogP contribution in [0.1, 0.15) is 51.9 Å². The van der Waals surface area contributed by atoms with Crippen LogP contribution in [-0.2, 0) is 8.85 Å². The maximum atomic E-state index is 6.02. The highest BCUT2D eigenvalue weighted by Crippen LogP contribution is 2.74. The molecule has 2 saturated carbocycles. The molecule has 0 aromatic carbocycles. The van der Waals surface area contributed by atoms with Crippen LogP contribution in [0.4, 0.5) is 0 Å². The lowest BCUT2D eigenvalue weighted by molar-refractivity contribution is 0.125. The fourth-order valence-electron chi connectivity index (χ4n) is 3.66. The van der Waals surface area contributed by atoms with Gasteiger partial charge in [-0.3, -0.25) is 0 Å². The third-order valence-electron chi connectivity index (χ3n) is 5.16. The molecule has 0 aliphatic heterocycles. The SMILES string of the molecule is CCCO[SiH](C)OCCCC1(C2(C(N)(N)N)CC2)CC1. The Labute approximate surface area is 124 Å². The first-order valence-corrected chi connectivity index (χ1v) is 10.1. The molecule has 0 saturated heterocycles. The Hall–Kier alpha value is 0.0169. The Morgan fingerprint density at radius 1 is 1.05 bits per heavy atom. The summed E-state index contributed by atoms with van der Waals surface area (Å²) in [5, 5.41) is 0. The van der Waals surface area contributed by atoms with E-state index in [2.05, 4.69) is 13.5 Å². The molecule has 0 amide bonds. The van der Waals surface area contributed by atoms with Crippen LogP contribution in [0.5, 0.6) is 0 Å². The minimum atomic E-state index is -1.42. The van der Waals surface area contributed by atoms with E-state index in [4.69, 9.17) is 26.1 Å². The van der Waals surface area contributed by atoms with Gasteiger partial charge in [-0.1, -0.05) is 6.92 Å². The zero-order valence-corrected chi connectivity index (χ0v) is 14.1. The monoisotopic (exact) mass is 301 g/mol.